The van der Waals surface area contributed by atoms with Gasteiger partial charge in [0.2, 0.25) is 5.91 Å². The normalized spacial score (nSPS) is 13.9. The number of hydrogen-bond donors (Lipinski definition) is 2. The van der Waals surface area contributed by atoms with Crippen LogP contribution < -0.4 is 20.1 Å². The first kappa shape index (κ1) is 29.7. The lowest BCUT2D eigenvalue weighted by molar-refractivity contribution is -0.127. The van der Waals surface area contributed by atoms with Crippen LogP contribution in [-0.4, -0.2) is 47.6 Å². The van der Waals surface area contributed by atoms with E-state index in [1.54, 1.807) is 48.5 Å². The molecule has 3 aromatic rings. The summed E-state index contributed by atoms with van der Waals surface area (Å²) in [4.78, 5) is 51.4. The van der Waals surface area contributed by atoms with Crippen molar-refractivity contribution in [2.75, 3.05) is 30.4 Å². The Balaban J connectivity index is 1.40. The van der Waals surface area contributed by atoms with E-state index in [0.29, 0.717) is 40.1 Å². The molecule has 2 N–H and O–H groups in total. The molecule has 11 heteroatoms. The predicted octanol–water partition coefficient (Wildman–Crippen LogP) is 6.05. The number of nitrogens with zero attached hydrogens (tertiary/aromatic N) is 1. The number of carbonyl (C=O) groups excluding carboxylic acids is 4. The van der Waals surface area contributed by atoms with E-state index in [0.717, 1.165) is 27.8 Å². The number of thioether (sulfide) groups is 1. The van der Waals surface area contributed by atoms with Crippen molar-refractivity contribution in [1.29, 1.82) is 0 Å². The molecular weight excluding hydrogens is 566 g/mol. The van der Waals surface area contributed by atoms with Gasteiger partial charge in [-0.3, -0.25) is 24.1 Å². The summed E-state index contributed by atoms with van der Waals surface area (Å²) in [5.74, 6) is -0.710. The summed E-state index contributed by atoms with van der Waals surface area (Å²) in [5, 5.41) is 5.32. The molecule has 41 heavy (non-hydrogen) atoms. The van der Waals surface area contributed by atoms with E-state index in [4.69, 9.17) is 21.1 Å². The first-order valence-electron chi connectivity index (χ1n) is 12.7. The summed E-state index contributed by atoms with van der Waals surface area (Å²) in [6, 6.07) is 17.2. The number of rotatable bonds is 10. The van der Waals surface area contributed by atoms with Gasteiger partial charge in [0.15, 0.2) is 18.1 Å². The van der Waals surface area contributed by atoms with E-state index < -0.39 is 23.6 Å². The van der Waals surface area contributed by atoms with E-state index in [1.807, 2.05) is 39.0 Å². The Morgan fingerprint density at radius 2 is 1.66 bits per heavy atom. The SMILES string of the molecule is CCOc1cc(/C=C2/SC(=O)N(CC(=O)Nc3cccc(Cl)c3)C2=O)ccc1OCC(=O)Nc1ccc(C)c(C)c1. The number of nitrogens with one attached hydrogen (secondary N) is 2. The Labute approximate surface area is 246 Å². The van der Waals surface area contributed by atoms with E-state index in [2.05, 4.69) is 10.6 Å². The van der Waals surface area contributed by atoms with Gasteiger partial charge in [0, 0.05) is 16.4 Å². The minimum Gasteiger partial charge on any atom is -0.490 e. The van der Waals surface area contributed by atoms with Gasteiger partial charge in [-0.2, -0.15) is 0 Å². The molecule has 0 saturated carbocycles. The Morgan fingerprint density at radius 3 is 2.39 bits per heavy atom. The number of benzene rings is 3. The third-order valence-corrected chi connectivity index (χ3v) is 7.14. The summed E-state index contributed by atoms with van der Waals surface area (Å²) >= 11 is 6.68. The molecule has 0 spiro atoms. The van der Waals surface area contributed by atoms with Crippen LogP contribution in [-0.2, 0) is 14.4 Å². The average Bonchev–Trinajstić information content (AvgIpc) is 3.17. The molecule has 0 aromatic heterocycles. The number of anilines is 2. The topological polar surface area (TPSA) is 114 Å². The molecule has 1 aliphatic rings. The highest BCUT2D eigenvalue weighted by molar-refractivity contribution is 8.18. The van der Waals surface area contributed by atoms with Gasteiger partial charge in [-0.25, -0.2) is 0 Å². The maximum atomic E-state index is 12.9. The van der Waals surface area contributed by atoms with Crippen LogP contribution in [0.2, 0.25) is 5.02 Å². The number of carbonyl (C=O) groups is 4. The second-order valence-corrected chi connectivity index (χ2v) is 10.5. The first-order chi connectivity index (χ1) is 19.6. The van der Waals surface area contributed by atoms with Crippen LogP contribution in [0.4, 0.5) is 16.2 Å². The first-order valence-corrected chi connectivity index (χ1v) is 13.9. The van der Waals surface area contributed by atoms with E-state index in [1.165, 1.54) is 0 Å². The number of ether oxygens (including phenoxy) is 2. The third kappa shape index (κ3) is 7.90. The molecule has 3 aromatic carbocycles. The molecule has 1 saturated heterocycles. The zero-order chi connectivity index (χ0) is 29.5. The van der Waals surface area contributed by atoms with Crippen molar-refractivity contribution in [3.05, 3.63) is 87.3 Å². The van der Waals surface area contributed by atoms with Crippen molar-refractivity contribution in [3.8, 4) is 11.5 Å². The fourth-order valence-corrected chi connectivity index (χ4v) is 4.89. The largest absolute Gasteiger partial charge is 0.490 e. The van der Waals surface area contributed by atoms with Gasteiger partial charge in [0.05, 0.1) is 11.5 Å². The van der Waals surface area contributed by atoms with Crippen molar-refractivity contribution in [3.63, 3.8) is 0 Å². The number of imide groups is 1. The van der Waals surface area contributed by atoms with Crippen LogP contribution in [0.15, 0.2) is 65.6 Å². The smallest absolute Gasteiger partial charge is 0.294 e. The second-order valence-electron chi connectivity index (χ2n) is 9.10. The fraction of sp³-hybridized carbons (Fsp3) is 0.200. The zero-order valence-corrected chi connectivity index (χ0v) is 24.2. The van der Waals surface area contributed by atoms with Crippen LogP contribution in [0.3, 0.4) is 0 Å². The van der Waals surface area contributed by atoms with Crippen molar-refractivity contribution in [1.82, 2.24) is 4.90 Å². The molecule has 4 amide bonds. The lowest BCUT2D eigenvalue weighted by Crippen LogP contribution is -2.36. The highest BCUT2D eigenvalue weighted by atomic mass is 35.5. The molecule has 1 heterocycles. The van der Waals surface area contributed by atoms with Crippen LogP contribution in [0.25, 0.3) is 6.08 Å². The maximum Gasteiger partial charge on any atom is 0.294 e. The predicted molar refractivity (Wildman–Crippen MR) is 160 cm³/mol. The fourth-order valence-electron chi connectivity index (χ4n) is 3.86. The molecule has 0 bridgehead atoms. The zero-order valence-electron chi connectivity index (χ0n) is 22.7. The van der Waals surface area contributed by atoms with E-state index >= 15 is 0 Å². The van der Waals surface area contributed by atoms with Gasteiger partial charge < -0.3 is 20.1 Å². The van der Waals surface area contributed by atoms with E-state index in [-0.39, 0.29) is 17.4 Å². The molecule has 0 atom stereocenters. The Bertz CT molecular complexity index is 1540. The number of halogens is 1. The van der Waals surface area contributed by atoms with Gasteiger partial charge in [0.1, 0.15) is 6.54 Å². The van der Waals surface area contributed by atoms with Gasteiger partial charge in [0.25, 0.3) is 17.1 Å². The minimum atomic E-state index is -0.581. The van der Waals surface area contributed by atoms with Crippen LogP contribution >= 0.6 is 23.4 Å². The summed E-state index contributed by atoms with van der Waals surface area (Å²) in [5.41, 5.74) is 3.91. The average molecular weight is 594 g/mol. The standard InChI is InChI=1S/C30H28ClN3O6S/c1-4-39-25-13-20(9-11-24(25)40-17-28(36)33-23-10-8-18(2)19(3)12-23)14-26-29(37)34(30(38)41-26)16-27(35)32-22-7-5-6-21(31)15-22/h5-15H,4,16-17H2,1-3H3,(H,32,35)(H,33,36)/b26-14+. The van der Waals surface area contributed by atoms with Gasteiger partial charge in [-0.15, -0.1) is 0 Å². The molecule has 0 aliphatic carbocycles. The van der Waals surface area contributed by atoms with Crippen molar-refractivity contribution in [2.45, 2.75) is 20.8 Å². The van der Waals surface area contributed by atoms with E-state index in [9.17, 15) is 19.2 Å². The monoisotopic (exact) mass is 593 g/mol. The minimum absolute atomic E-state index is 0.162. The molecule has 0 radical (unpaired) electrons. The molecule has 9 nitrogen and oxygen atoms in total. The van der Waals surface area contributed by atoms with Gasteiger partial charge in [-0.1, -0.05) is 29.8 Å². The molecular formula is C30H28ClN3O6S. The van der Waals surface area contributed by atoms with Gasteiger partial charge >= 0.3 is 0 Å². The number of amides is 4. The Hall–Kier alpha value is -4.28. The molecule has 1 aliphatic heterocycles. The van der Waals surface area contributed by atoms with Gasteiger partial charge in [-0.05, 0) is 97.8 Å². The van der Waals surface area contributed by atoms with Crippen LogP contribution in [0, 0.1) is 13.8 Å². The molecule has 1 fully saturated rings. The van der Waals surface area contributed by atoms with Crippen molar-refractivity contribution >= 4 is 63.8 Å². The lowest BCUT2D eigenvalue weighted by Gasteiger charge is -2.13. The molecule has 4 rings (SSSR count). The maximum absolute atomic E-state index is 12.9. The molecule has 0 unspecified atom stereocenters. The summed E-state index contributed by atoms with van der Waals surface area (Å²) in [6.07, 6.45) is 1.54. The van der Waals surface area contributed by atoms with Crippen LogP contribution in [0.5, 0.6) is 11.5 Å². The third-order valence-electron chi connectivity index (χ3n) is 6.00. The second kappa shape index (κ2) is 13.4. The van der Waals surface area contributed by atoms with Crippen molar-refractivity contribution < 1.29 is 28.7 Å². The lowest BCUT2D eigenvalue weighted by atomic mass is 10.1. The quantitative estimate of drug-likeness (QED) is 0.275. The number of hydrogen-bond acceptors (Lipinski definition) is 7. The summed E-state index contributed by atoms with van der Waals surface area (Å²) in [7, 11) is 0. The van der Waals surface area contributed by atoms with Crippen molar-refractivity contribution in [2.24, 2.45) is 0 Å². The highest BCUT2D eigenvalue weighted by Crippen LogP contribution is 2.35. The highest BCUT2D eigenvalue weighted by Gasteiger charge is 2.36. The number of aryl methyl sites for hydroxylation is 2. The summed E-state index contributed by atoms with van der Waals surface area (Å²) in [6.45, 7) is 5.45. The summed E-state index contributed by atoms with van der Waals surface area (Å²) < 4.78 is 11.4. The Kier molecular flexibility index (Phi) is 9.69. The molecule has 212 valence electrons. The van der Waals surface area contributed by atoms with Crippen LogP contribution in [0.1, 0.15) is 23.6 Å². The Morgan fingerprint density at radius 1 is 0.902 bits per heavy atom.